The molecular weight excluding hydrogens is 250 g/mol. The predicted octanol–water partition coefficient (Wildman–Crippen LogP) is 4.10. The molecule has 0 aliphatic heterocycles. The number of rotatable bonds is 7. The van der Waals surface area contributed by atoms with Gasteiger partial charge in [-0.2, -0.15) is 0 Å². The Kier molecular flexibility index (Phi) is 5.30. The van der Waals surface area contributed by atoms with Crippen molar-refractivity contribution in [2.45, 2.75) is 20.4 Å². The molecule has 2 rings (SSSR count). The summed E-state index contributed by atoms with van der Waals surface area (Å²) in [5, 5.41) is 3.39. The van der Waals surface area contributed by atoms with Gasteiger partial charge in [-0.05, 0) is 31.5 Å². The van der Waals surface area contributed by atoms with Crippen molar-refractivity contribution in [1.82, 2.24) is 0 Å². The Morgan fingerprint density at radius 3 is 2.25 bits per heavy atom. The lowest BCUT2D eigenvalue weighted by atomic mass is 10.2. The topological polar surface area (TPSA) is 30.5 Å². The zero-order valence-corrected chi connectivity index (χ0v) is 12.1. The Balaban J connectivity index is 2.06. The molecular formula is C17H21NO2. The first-order chi connectivity index (χ1) is 9.83. The van der Waals surface area contributed by atoms with Crippen LogP contribution in [-0.4, -0.2) is 13.2 Å². The van der Waals surface area contributed by atoms with E-state index in [1.807, 2.05) is 50.2 Å². The van der Waals surface area contributed by atoms with Crippen LogP contribution < -0.4 is 14.8 Å². The molecule has 106 valence electrons. The highest BCUT2D eigenvalue weighted by Gasteiger charge is 2.05. The quantitative estimate of drug-likeness (QED) is 0.822. The highest BCUT2D eigenvalue weighted by molar-refractivity contribution is 5.55. The van der Waals surface area contributed by atoms with Crippen molar-refractivity contribution >= 4 is 5.69 Å². The molecule has 0 atom stereocenters. The van der Waals surface area contributed by atoms with Gasteiger partial charge in [0.2, 0.25) is 0 Å². The van der Waals surface area contributed by atoms with E-state index in [0.29, 0.717) is 13.2 Å². The Morgan fingerprint density at radius 1 is 0.850 bits per heavy atom. The summed E-state index contributed by atoms with van der Waals surface area (Å²) < 4.78 is 11.2. The van der Waals surface area contributed by atoms with Crippen molar-refractivity contribution in [2.24, 2.45) is 0 Å². The number of hydrogen-bond donors (Lipinski definition) is 1. The first kappa shape index (κ1) is 14.3. The van der Waals surface area contributed by atoms with E-state index >= 15 is 0 Å². The van der Waals surface area contributed by atoms with Gasteiger partial charge in [0, 0.05) is 18.3 Å². The fourth-order valence-electron chi connectivity index (χ4n) is 1.96. The third-order valence-electron chi connectivity index (χ3n) is 2.88. The normalized spacial score (nSPS) is 10.1. The number of benzene rings is 2. The van der Waals surface area contributed by atoms with Crippen LogP contribution in [-0.2, 0) is 6.54 Å². The van der Waals surface area contributed by atoms with Crippen LogP contribution in [0.15, 0.2) is 48.5 Å². The van der Waals surface area contributed by atoms with Gasteiger partial charge < -0.3 is 14.8 Å². The minimum atomic E-state index is 0.627. The van der Waals surface area contributed by atoms with E-state index in [2.05, 4.69) is 17.4 Å². The first-order valence-corrected chi connectivity index (χ1v) is 7.01. The molecule has 0 aliphatic carbocycles. The van der Waals surface area contributed by atoms with Crippen molar-refractivity contribution < 1.29 is 9.47 Å². The fourth-order valence-corrected chi connectivity index (χ4v) is 1.96. The molecule has 0 fully saturated rings. The van der Waals surface area contributed by atoms with Crippen LogP contribution in [0.5, 0.6) is 11.5 Å². The average Bonchev–Trinajstić information content (AvgIpc) is 2.49. The summed E-state index contributed by atoms with van der Waals surface area (Å²) in [4.78, 5) is 0. The van der Waals surface area contributed by atoms with E-state index in [9.17, 15) is 0 Å². The zero-order chi connectivity index (χ0) is 14.2. The lowest BCUT2D eigenvalue weighted by Crippen LogP contribution is -2.02. The lowest BCUT2D eigenvalue weighted by molar-refractivity contribution is 0.288. The van der Waals surface area contributed by atoms with Crippen LogP contribution in [0.3, 0.4) is 0 Å². The summed E-state index contributed by atoms with van der Waals surface area (Å²) in [7, 11) is 0. The molecule has 0 saturated carbocycles. The summed E-state index contributed by atoms with van der Waals surface area (Å²) in [5.74, 6) is 1.58. The molecule has 0 saturated heterocycles. The smallest absolute Gasteiger partial charge is 0.163 e. The Hall–Kier alpha value is -2.16. The van der Waals surface area contributed by atoms with Gasteiger partial charge in [0.15, 0.2) is 11.5 Å². The van der Waals surface area contributed by atoms with E-state index < -0.39 is 0 Å². The second kappa shape index (κ2) is 7.43. The maximum atomic E-state index is 5.62. The van der Waals surface area contributed by atoms with Gasteiger partial charge in [-0.25, -0.2) is 0 Å². The third kappa shape index (κ3) is 3.92. The fraction of sp³-hybridized carbons (Fsp3) is 0.294. The lowest BCUT2D eigenvalue weighted by Gasteiger charge is -2.13. The average molecular weight is 271 g/mol. The number of hydrogen-bond acceptors (Lipinski definition) is 3. The van der Waals surface area contributed by atoms with Gasteiger partial charge in [-0.1, -0.05) is 30.3 Å². The van der Waals surface area contributed by atoms with E-state index in [0.717, 1.165) is 23.7 Å². The van der Waals surface area contributed by atoms with E-state index in [1.54, 1.807) is 0 Å². The largest absolute Gasteiger partial charge is 0.490 e. The summed E-state index contributed by atoms with van der Waals surface area (Å²) in [6.45, 7) is 6.00. The van der Waals surface area contributed by atoms with Gasteiger partial charge in [0.05, 0.1) is 13.2 Å². The Labute approximate surface area is 120 Å². The number of ether oxygens (including phenoxy) is 2. The molecule has 0 unspecified atom stereocenters. The minimum absolute atomic E-state index is 0.627. The number of nitrogens with one attached hydrogen (secondary N) is 1. The summed E-state index contributed by atoms with van der Waals surface area (Å²) in [6, 6.07) is 16.3. The van der Waals surface area contributed by atoms with Crippen molar-refractivity contribution in [3.05, 3.63) is 54.1 Å². The van der Waals surface area contributed by atoms with Crippen molar-refractivity contribution in [3.63, 3.8) is 0 Å². The molecule has 0 bridgehead atoms. The highest BCUT2D eigenvalue weighted by atomic mass is 16.5. The molecule has 3 heteroatoms. The van der Waals surface area contributed by atoms with Crippen LogP contribution in [0.1, 0.15) is 19.4 Å². The Bertz CT molecular complexity index is 526. The molecule has 0 aliphatic rings. The van der Waals surface area contributed by atoms with Gasteiger partial charge in [-0.3, -0.25) is 0 Å². The second-order valence-electron chi connectivity index (χ2n) is 4.37. The molecule has 3 nitrogen and oxygen atoms in total. The molecule has 0 heterocycles. The second-order valence-corrected chi connectivity index (χ2v) is 4.37. The van der Waals surface area contributed by atoms with Gasteiger partial charge >= 0.3 is 0 Å². The van der Waals surface area contributed by atoms with Crippen molar-refractivity contribution in [1.29, 1.82) is 0 Å². The molecule has 2 aromatic carbocycles. The first-order valence-electron chi connectivity index (χ1n) is 7.01. The van der Waals surface area contributed by atoms with Crippen molar-refractivity contribution in [3.8, 4) is 11.5 Å². The van der Waals surface area contributed by atoms with Gasteiger partial charge in [0.1, 0.15) is 0 Å². The molecule has 20 heavy (non-hydrogen) atoms. The van der Waals surface area contributed by atoms with Crippen LogP contribution in [0.2, 0.25) is 0 Å². The standard InChI is InChI=1S/C17H21NO2/c1-3-19-16-11-10-15(12-17(16)20-4-2)18-13-14-8-6-5-7-9-14/h5-12,18H,3-4,13H2,1-2H3. The third-order valence-corrected chi connectivity index (χ3v) is 2.88. The predicted molar refractivity (Wildman–Crippen MR) is 82.5 cm³/mol. The van der Waals surface area contributed by atoms with Crippen molar-refractivity contribution in [2.75, 3.05) is 18.5 Å². The van der Waals surface area contributed by atoms with E-state index in [1.165, 1.54) is 5.56 Å². The molecule has 1 N–H and O–H groups in total. The molecule has 0 spiro atoms. The highest BCUT2D eigenvalue weighted by Crippen LogP contribution is 2.30. The van der Waals surface area contributed by atoms with Crippen LogP contribution in [0, 0.1) is 0 Å². The SMILES string of the molecule is CCOc1ccc(NCc2ccccc2)cc1OCC. The van der Waals surface area contributed by atoms with Gasteiger partial charge in [-0.15, -0.1) is 0 Å². The van der Waals surface area contributed by atoms with E-state index in [4.69, 9.17) is 9.47 Å². The summed E-state index contributed by atoms with van der Waals surface area (Å²) in [5.41, 5.74) is 2.28. The zero-order valence-electron chi connectivity index (χ0n) is 12.1. The molecule has 0 amide bonds. The summed E-state index contributed by atoms with van der Waals surface area (Å²) >= 11 is 0. The Morgan fingerprint density at radius 2 is 1.55 bits per heavy atom. The maximum absolute atomic E-state index is 5.62. The molecule has 0 aromatic heterocycles. The van der Waals surface area contributed by atoms with Crippen LogP contribution in [0.25, 0.3) is 0 Å². The molecule has 0 radical (unpaired) electrons. The van der Waals surface area contributed by atoms with Crippen LogP contribution in [0.4, 0.5) is 5.69 Å². The van der Waals surface area contributed by atoms with E-state index in [-0.39, 0.29) is 0 Å². The van der Waals surface area contributed by atoms with Crippen LogP contribution >= 0.6 is 0 Å². The maximum Gasteiger partial charge on any atom is 0.163 e. The summed E-state index contributed by atoms with van der Waals surface area (Å²) in [6.07, 6.45) is 0. The molecule has 2 aromatic rings. The number of anilines is 1. The van der Waals surface area contributed by atoms with Gasteiger partial charge in [0.25, 0.3) is 0 Å². The monoisotopic (exact) mass is 271 g/mol. The minimum Gasteiger partial charge on any atom is -0.490 e.